The maximum atomic E-state index is 13.7. The molecule has 42 heavy (non-hydrogen) atoms. The summed E-state index contributed by atoms with van der Waals surface area (Å²) < 4.78 is 56.8. The number of amides is 1. The molecule has 0 saturated carbocycles. The molecule has 0 aliphatic carbocycles. The van der Waals surface area contributed by atoms with Crippen molar-refractivity contribution in [3.05, 3.63) is 60.2 Å². The number of benzene rings is 2. The van der Waals surface area contributed by atoms with Gasteiger partial charge in [0, 0.05) is 19.0 Å². The Labute approximate surface area is 247 Å². The summed E-state index contributed by atoms with van der Waals surface area (Å²) in [4.78, 5) is 13.3. The largest absolute Gasteiger partial charge is 0.497 e. The Bertz CT molecular complexity index is 1290. The zero-order valence-corrected chi connectivity index (χ0v) is 24.9. The summed E-state index contributed by atoms with van der Waals surface area (Å²) in [6.45, 7) is 5.00. The minimum absolute atomic E-state index is 0.0111. The van der Waals surface area contributed by atoms with Crippen LogP contribution in [0.2, 0.25) is 0 Å². The molecule has 5 rings (SSSR count). The Hall–Kier alpha value is -2.74. The SMILES string of the molecule is COc1ccc(S(=O)(=O)N(CC(C)C)C[C@@H](O)[C@H](Cc2ccccc2)NC(=O)O[C@H]2CO[C@H]3O[C@@H]4COC[C@@H]4[C@H]32)cc1. The lowest BCUT2D eigenvalue weighted by Crippen LogP contribution is -2.52. The summed E-state index contributed by atoms with van der Waals surface area (Å²) in [7, 11) is -2.45. The zero-order valence-electron chi connectivity index (χ0n) is 24.1. The summed E-state index contributed by atoms with van der Waals surface area (Å²) in [6.07, 6.45) is -2.69. The average Bonchev–Trinajstić information content (AvgIpc) is 3.66. The Morgan fingerprint density at radius 3 is 2.50 bits per heavy atom. The van der Waals surface area contributed by atoms with Crippen molar-refractivity contribution in [1.82, 2.24) is 9.62 Å². The summed E-state index contributed by atoms with van der Waals surface area (Å²) >= 11 is 0. The lowest BCUT2D eigenvalue weighted by molar-refractivity contribution is -0.123. The molecule has 0 aromatic heterocycles. The van der Waals surface area contributed by atoms with Gasteiger partial charge in [0.15, 0.2) is 6.29 Å². The summed E-state index contributed by atoms with van der Waals surface area (Å²) in [6, 6.07) is 14.7. The van der Waals surface area contributed by atoms with Gasteiger partial charge in [-0.2, -0.15) is 4.31 Å². The third kappa shape index (κ3) is 6.90. The molecule has 0 bridgehead atoms. The van der Waals surface area contributed by atoms with Gasteiger partial charge in [-0.15, -0.1) is 0 Å². The summed E-state index contributed by atoms with van der Waals surface area (Å²) in [5, 5.41) is 14.3. The smallest absolute Gasteiger partial charge is 0.407 e. The second kappa shape index (κ2) is 13.3. The molecule has 7 atom stereocenters. The van der Waals surface area contributed by atoms with E-state index in [1.807, 2.05) is 44.2 Å². The fourth-order valence-electron chi connectivity index (χ4n) is 5.91. The molecule has 0 radical (unpaired) electrons. The molecule has 3 saturated heterocycles. The Balaban J connectivity index is 1.31. The van der Waals surface area contributed by atoms with E-state index < -0.39 is 40.7 Å². The molecule has 3 aliphatic heterocycles. The number of hydrogen-bond acceptors (Lipinski definition) is 9. The highest BCUT2D eigenvalue weighted by Gasteiger charge is 2.56. The van der Waals surface area contributed by atoms with Gasteiger partial charge in [0.25, 0.3) is 0 Å². The van der Waals surface area contributed by atoms with Gasteiger partial charge in [0.2, 0.25) is 10.0 Å². The number of alkyl carbamates (subject to hydrolysis) is 1. The standard InChI is InChI=1S/C30H40N2O9S/c1-19(2)14-32(42(35,36)22-11-9-21(37-3)10-12-22)15-25(33)24(13-20-7-5-4-6-8-20)31-30(34)41-27-18-39-29-28(27)23-16-38-17-26(23)40-29/h4-12,19,23-29,33H,13-18H2,1-3H3,(H,31,34)/t23-,24-,25+,26+,27-,28-,29-/m0/s1. The average molecular weight is 605 g/mol. The number of aliphatic hydroxyl groups excluding tert-OH is 1. The molecule has 12 heteroatoms. The molecule has 3 fully saturated rings. The first kappa shape index (κ1) is 30.7. The molecule has 3 aliphatic rings. The number of carbonyl (C=O) groups is 1. The molecule has 11 nitrogen and oxygen atoms in total. The highest BCUT2D eigenvalue weighted by molar-refractivity contribution is 7.89. The molecule has 3 heterocycles. The van der Waals surface area contributed by atoms with Gasteiger partial charge in [-0.1, -0.05) is 44.2 Å². The van der Waals surface area contributed by atoms with Crippen LogP contribution in [0.4, 0.5) is 4.79 Å². The van der Waals surface area contributed by atoms with Crippen LogP contribution in [0.1, 0.15) is 19.4 Å². The van der Waals surface area contributed by atoms with Crippen molar-refractivity contribution in [2.45, 2.75) is 55.8 Å². The number of sulfonamides is 1. The molecule has 0 unspecified atom stereocenters. The maximum Gasteiger partial charge on any atom is 0.407 e. The van der Waals surface area contributed by atoms with Crippen LogP contribution in [0.25, 0.3) is 0 Å². The number of ether oxygens (including phenoxy) is 5. The second-order valence-corrected chi connectivity index (χ2v) is 13.4. The Morgan fingerprint density at radius 1 is 1.07 bits per heavy atom. The third-order valence-corrected chi connectivity index (χ3v) is 9.87. The highest BCUT2D eigenvalue weighted by Crippen LogP contribution is 2.43. The quantitative estimate of drug-likeness (QED) is 0.375. The topological polar surface area (TPSA) is 133 Å². The van der Waals surface area contributed by atoms with Gasteiger partial charge in [0.1, 0.15) is 11.9 Å². The molecular weight excluding hydrogens is 564 g/mol. The van der Waals surface area contributed by atoms with E-state index in [-0.39, 0.29) is 54.9 Å². The van der Waals surface area contributed by atoms with E-state index in [0.717, 1.165) is 5.56 Å². The molecule has 2 aromatic rings. The van der Waals surface area contributed by atoms with Crippen LogP contribution in [0.15, 0.2) is 59.5 Å². The van der Waals surface area contributed by atoms with Gasteiger partial charge >= 0.3 is 6.09 Å². The van der Waals surface area contributed by atoms with Crippen LogP contribution >= 0.6 is 0 Å². The van der Waals surface area contributed by atoms with E-state index in [1.54, 1.807) is 12.1 Å². The normalized spacial score (nSPS) is 26.6. The van der Waals surface area contributed by atoms with Crippen molar-refractivity contribution in [2.24, 2.45) is 17.8 Å². The van der Waals surface area contributed by atoms with Crippen LogP contribution in [-0.2, 0) is 35.4 Å². The monoisotopic (exact) mass is 604 g/mol. The minimum Gasteiger partial charge on any atom is -0.497 e. The van der Waals surface area contributed by atoms with Crippen molar-refractivity contribution in [3.8, 4) is 5.75 Å². The van der Waals surface area contributed by atoms with Crippen molar-refractivity contribution < 1.29 is 42.0 Å². The van der Waals surface area contributed by atoms with Crippen LogP contribution in [0, 0.1) is 17.8 Å². The second-order valence-electron chi connectivity index (χ2n) is 11.5. The first-order valence-electron chi connectivity index (χ1n) is 14.3. The van der Waals surface area contributed by atoms with E-state index in [1.165, 1.54) is 23.5 Å². The molecule has 2 aromatic carbocycles. The lowest BCUT2D eigenvalue weighted by atomic mass is 9.89. The van der Waals surface area contributed by atoms with Crippen LogP contribution in [0.5, 0.6) is 5.75 Å². The number of nitrogens with one attached hydrogen (secondary N) is 1. The number of methoxy groups -OCH3 is 1. The van der Waals surface area contributed by atoms with Crippen molar-refractivity contribution >= 4 is 16.1 Å². The minimum atomic E-state index is -3.96. The zero-order chi connectivity index (χ0) is 29.9. The van der Waals surface area contributed by atoms with Crippen LogP contribution in [0.3, 0.4) is 0 Å². The van der Waals surface area contributed by atoms with E-state index >= 15 is 0 Å². The Kier molecular flexibility index (Phi) is 9.70. The predicted molar refractivity (Wildman–Crippen MR) is 152 cm³/mol. The summed E-state index contributed by atoms with van der Waals surface area (Å²) in [5.74, 6) is 0.489. The predicted octanol–water partition coefficient (Wildman–Crippen LogP) is 2.43. The molecule has 2 N–H and O–H groups in total. The number of aliphatic hydroxyl groups is 1. The Morgan fingerprint density at radius 2 is 1.81 bits per heavy atom. The van der Waals surface area contributed by atoms with Crippen molar-refractivity contribution in [2.75, 3.05) is 40.0 Å². The molecular formula is C30H40N2O9S. The van der Waals surface area contributed by atoms with Gasteiger partial charge in [-0.25, -0.2) is 13.2 Å². The first-order chi connectivity index (χ1) is 20.2. The van der Waals surface area contributed by atoms with E-state index in [4.69, 9.17) is 23.7 Å². The highest BCUT2D eigenvalue weighted by atomic mass is 32.2. The maximum absolute atomic E-state index is 13.7. The van der Waals surface area contributed by atoms with Gasteiger partial charge in [0.05, 0.1) is 56.0 Å². The van der Waals surface area contributed by atoms with Crippen molar-refractivity contribution in [1.29, 1.82) is 0 Å². The van der Waals surface area contributed by atoms with Crippen LogP contribution < -0.4 is 10.1 Å². The van der Waals surface area contributed by atoms with Crippen molar-refractivity contribution in [3.63, 3.8) is 0 Å². The van der Waals surface area contributed by atoms with Crippen LogP contribution in [-0.4, -0.2) is 94.6 Å². The van der Waals surface area contributed by atoms with Gasteiger partial charge in [-0.3, -0.25) is 0 Å². The fourth-order valence-corrected chi connectivity index (χ4v) is 7.54. The summed E-state index contributed by atoms with van der Waals surface area (Å²) in [5.41, 5.74) is 0.870. The molecule has 0 spiro atoms. The number of hydrogen-bond donors (Lipinski definition) is 2. The lowest BCUT2D eigenvalue weighted by Gasteiger charge is -2.31. The van der Waals surface area contributed by atoms with E-state index in [9.17, 15) is 18.3 Å². The van der Waals surface area contributed by atoms with E-state index in [2.05, 4.69) is 5.32 Å². The number of carbonyl (C=O) groups excluding carboxylic acids is 1. The molecule has 1 amide bonds. The van der Waals surface area contributed by atoms with E-state index in [0.29, 0.717) is 19.0 Å². The molecule has 230 valence electrons. The first-order valence-corrected chi connectivity index (χ1v) is 15.8. The number of fused-ring (bicyclic) bond motifs is 3. The number of rotatable bonds is 12. The van der Waals surface area contributed by atoms with Gasteiger partial charge in [-0.05, 0) is 42.2 Å². The van der Waals surface area contributed by atoms with Gasteiger partial charge < -0.3 is 34.1 Å². The third-order valence-electron chi connectivity index (χ3n) is 8.02. The fraction of sp³-hybridized carbons (Fsp3) is 0.567. The number of nitrogens with zero attached hydrogens (tertiary/aromatic N) is 1.